The molecule has 4 rings (SSSR count). The molecule has 2 N–H and O–H groups in total. The molecular weight excluding hydrogens is 388 g/mol. The Morgan fingerprint density at radius 1 is 0.871 bits per heavy atom. The third kappa shape index (κ3) is 5.17. The number of carbonyl (C=O) groups excluding carboxylic acids is 2. The van der Waals surface area contributed by atoms with Crippen molar-refractivity contribution >= 4 is 28.5 Å². The smallest absolute Gasteiger partial charge is 0.253 e. The summed E-state index contributed by atoms with van der Waals surface area (Å²) < 4.78 is 1.96. The van der Waals surface area contributed by atoms with Crippen molar-refractivity contribution in [3.63, 3.8) is 0 Å². The van der Waals surface area contributed by atoms with Gasteiger partial charge in [-0.1, -0.05) is 54.6 Å². The quantitative estimate of drug-likeness (QED) is 0.459. The first-order valence-electron chi connectivity index (χ1n) is 10.3. The van der Waals surface area contributed by atoms with Gasteiger partial charge in [-0.3, -0.25) is 9.59 Å². The topological polar surface area (TPSA) is 76.0 Å². The molecule has 0 saturated heterocycles. The van der Waals surface area contributed by atoms with Crippen LogP contribution >= 0.6 is 0 Å². The number of carbonyl (C=O) groups is 2. The maximum atomic E-state index is 12.7. The highest BCUT2D eigenvalue weighted by atomic mass is 16.2. The van der Waals surface area contributed by atoms with E-state index < -0.39 is 0 Å². The monoisotopic (exact) mass is 412 g/mol. The van der Waals surface area contributed by atoms with Crippen molar-refractivity contribution in [2.45, 2.75) is 19.4 Å². The summed E-state index contributed by atoms with van der Waals surface area (Å²) in [6.45, 7) is 1.04. The number of hydrogen-bond acceptors (Lipinski definition) is 3. The van der Waals surface area contributed by atoms with Gasteiger partial charge in [-0.15, -0.1) is 0 Å². The van der Waals surface area contributed by atoms with Crippen molar-refractivity contribution in [3.8, 4) is 0 Å². The van der Waals surface area contributed by atoms with E-state index in [0.717, 1.165) is 23.0 Å². The van der Waals surface area contributed by atoms with Gasteiger partial charge in [0, 0.05) is 19.5 Å². The molecule has 31 heavy (non-hydrogen) atoms. The lowest BCUT2D eigenvalue weighted by Gasteiger charge is -2.12. The Bertz CT molecular complexity index is 1180. The number of hydrogen-bond donors (Lipinski definition) is 2. The minimum absolute atomic E-state index is 0.151. The first-order chi connectivity index (χ1) is 15.2. The summed E-state index contributed by atoms with van der Waals surface area (Å²) in [6, 6.07) is 24.9. The molecule has 0 aliphatic carbocycles. The molecule has 0 bridgehead atoms. The van der Waals surface area contributed by atoms with E-state index in [1.54, 1.807) is 30.6 Å². The third-order valence-electron chi connectivity index (χ3n) is 5.09. The fourth-order valence-corrected chi connectivity index (χ4v) is 3.47. The Kier molecular flexibility index (Phi) is 6.38. The largest absolute Gasteiger partial charge is 0.352 e. The molecule has 0 fully saturated rings. The molecule has 1 aromatic heterocycles. The molecule has 6 heteroatoms. The van der Waals surface area contributed by atoms with Gasteiger partial charge in [0.2, 0.25) is 5.91 Å². The number of anilines is 1. The SMILES string of the molecule is O=C(CCn1cnc2ccccc21)Nc1ccccc1C(=O)NCCc1ccccc1. The molecule has 0 spiro atoms. The van der Waals surface area contributed by atoms with Crippen LogP contribution in [-0.2, 0) is 17.8 Å². The summed E-state index contributed by atoms with van der Waals surface area (Å²) in [5, 5.41) is 5.81. The average molecular weight is 412 g/mol. The first-order valence-corrected chi connectivity index (χ1v) is 10.3. The number of para-hydroxylation sites is 3. The van der Waals surface area contributed by atoms with Crippen LogP contribution in [0.15, 0.2) is 85.2 Å². The average Bonchev–Trinajstić information content (AvgIpc) is 3.22. The summed E-state index contributed by atoms with van der Waals surface area (Å²) in [5.74, 6) is -0.352. The minimum Gasteiger partial charge on any atom is -0.352 e. The van der Waals surface area contributed by atoms with Crippen LogP contribution in [0.1, 0.15) is 22.3 Å². The predicted molar refractivity (Wildman–Crippen MR) is 122 cm³/mol. The molecule has 0 radical (unpaired) electrons. The fraction of sp³-hybridized carbons (Fsp3) is 0.160. The summed E-state index contributed by atoms with van der Waals surface area (Å²) in [6.07, 6.45) is 2.77. The van der Waals surface area contributed by atoms with Gasteiger partial charge in [-0.2, -0.15) is 0 Å². The molecule has 6 nitrogen and oxygen atoms in total. The molecule has 1 heterocycles. The van der Waals surface area contributed by atoms with Crippen molar-refractivity contribution in [3.05, 3.63) is 96.3 Å². The van der Waals surface area contributed by atoms with E-state index in [0.29, 0.717) is 24.3 Å². The van der Waals surface area contributed by atoms with E-state index in [1.807, 2.05) is 59.2 Å². The normalized spacial score (nSPS) is 10.7. The van der Waals surface area contributed by atoms with E-state index in [2.05, 4.69) is 15.6 Å². The van der Waals surface area contributed by atoms with Crippen LogP contribution in [0.5, 0.6) is 0 Å². The van der Waals surface area contributed by atoms with E-state index in [9.17, 15) is 9.59 Å². The zero-order valence-electron chi connectivity index (χ0n) is 17.1. The Labute approximate surface area is 180 Å². The van der Waals surface area contributed by atoms with Crippen molar-refractivity contribution in [2.24, 2.45) is 0 Å². The third-order valence-corrected chi connectivity index (χ3v) is 5.09. The van der Waals surface area contributed by atoms with E-state index in [1.165, 1.54) is 0 Å². The van der Waals surface area contributed by atoms with Crippen LogP contribution in [0.25, 0.3) is 11.0 Å². The second-order valence-electron chi connectivity index (χ2n) is 7.26. The highest BCUT2D eigenvalue weighted by Crippen LogP contribution is 2.16. The molecule has 0 unspecified atom stereocenters. The molecule has 0 saturated carbocycles. The maximum absolute atomic E-state index is 12.7. The van der Waals surface area contributed by atoms with Gasteiger partial charge in [0.05, 0.1) is 28.6 Å². The van der Waals surface area contributed by atoms with Crippen molar-refractivity contribution in [1.29, 1.82) is 0 Å². The number of rotatable bonds is 8. The number of imidazole rings is 1. The number of benzene rings is 3. The molecule has 0 atom stereocenters. The minimum atomic E-state index is -0.201. The van der Waals surface area contributed by atoms with Gasteiger partial charge >= 0.3 is 0 Å². The van der Waals surface area contributed by atoms with Gasteiger partial charge in [0.1, 0.15) is 0 Å². The van der Waals surface area contributed by atoms with Crippen molar-refractivity contribution < 1.29 is 9.59 Å². The van der Waals surface area contributed by atoms with Crippen LogP contribution < -0.4 is 10.6 Å². The second-order valence-corrected chi connectivity index (χ2v) is 7.26. The highest BCUT2D eigenvalue weighted by Gasteiger charge is 2.13. The summed E-state index contributed by atoms with van der Waals surface area (Å²) in [7, 11) is 0. The lowest BCUT2D eigenvalue weighted by Crippen LogP contribution is -2.27. The van der Waals surface area contributed by atoms with Gasteiger partial charge in [0.15, 0.2) is 0 Å². The predicted octanol–water partition coefficient (Wildman–Crippen LogP) is 4.04. The number of aryl methyl sites for hydroxylation is 1. The number of aromatic nitrogens is 2. The molecular formula is C25H24N4O2. The summed E-state index contributed by atoms with van der Waals surface area (Å²) in [5.41, 5.74) is 4.03. The van der Waals surface area contributed by atoms with E-state index in [-0.39, 0.29) is 18.2 Å². The Balaban J connectivity index is 1.34. The van der Waals surface area contributed by atoms with Crippen molar-refractivity contribution in [1.82, 2.24) is 14.9 Å². The zero-order valence-corrected chi connectivity index (χ0v) is 17.1. The van der Waals surface area contributed by atoms with Gasteiger partial charge in [-0.05, 0) is 36.2 Å². The van der Waals surface area contributed by atoms with Crippen molar-refractivity contribution in [2.75, 3.05) is 11.9 Å². The Morgan fingerprint density at radius 2 is 1.61 bits per heavy atom. The number of fused-ring (bicyclic) bond motifs is 1. The second kappa shape index (κ2) is 9.71. The Hall–Kier alpha value is -3.93. The number of amides is 2. The van der Waals surface area contributed by atoms with Crippen LogP contribution in [0.4, 0.5) is 5.69 Å². The maximum Gasteiger partial charge on any atom is 0.253 e. The summed E-state index contributed by atoms with van der Waals surface area (Å²) >= 11 is 0. The Morgan fingerprint density at radius 3 is 2.48 bits per heavy atom. The molecule has 0 aliphatic heterocycles. The molecule has 2 amide bonds. The number of nitrogens with one attached hydrogen (secondary N) is 2. The zero-order chi connectivity index (χ0) is 21.5. The van der Waals surface area contributed by atoms with Crippen LogP contribution in [0, 0.1) is 0 Å². The van der Waals surface area contributed by atoms with E-state index >= 15 is 0 Å². The van der Waals surface area contributed by atoms with Crippen LogP contribution in [-0.4, -0.2) is 27.9 Å². The first kappa shape index (κ1) is 20.3. The van der Waals surface area contributed by atoms with Gasteiger partial charge in [0.25, 0.3) is 5.91 Å². The van der Waals surface area contributed by atoms with E-state index in [4.69, 9.17) is 0 Å². The standard InChI is InChI=1S/C25H24N4O2/c30-24(15-17-29-18-27-22-12-6-7-13-23(22)29)28-21-11-5-4-10-20(21)25(31)26-16-14-19-8-2-1-3-9-19/h1-13,18H,14-17H2,(H,26,31)(H,28,30). The van der Waals surface area contributed by atoms with Crippen LogP contribution in [0.3, 0.4) is 0 Å². The lowest BCUT2D eigenvalue weighted by molar-refractivity contribution is -0.116. The lowest BCUT2D eigenvalue weighted by atomic mass is 10.1. The molecule has 3 aromatic carbocycles. The molecule has 0 aliphatic rings. The highest BCUT2D eigenvalue weighted by molar-refractivity contribution is 6.03. The van der Waals surface area contributed by atoms with Gasteiger partial charge in [-0.25, -0.2) is 4.98 Å². The molecule has 156 valence electrons. The summed E-state index contributed by atoms with van der Waals surface area (Å²) in [4.78, 5) is 29.5. The molecule has 4 aromatic rings. The van der Waals surface area contributed by atoms with Crippen LogP contribution in [0.2, 0.25) is 0 Å². The fourth-order valence-electron chi connectivity index (χ4n) is 3.47. The number of nitrogens with zero attached hydrogens (tertiary/aromatic N) is 2. The van der Waals surface area contributed by atoms with Gasteiger partial charge < -0.3 is 15.2 Å².